The van der Waals surface area contributed by atoms with E-state index in [2.05, 4.69) is 5.32 Å². The second-order valence-corrected chi connectivity index (χ2v) is 5.66. The van der Waals surface area contributed by atoms with Gasteiger partial charge in [0.05, 0.1) is 17.5 Å². The van der Waals surface area contributed by atoms with Crippen molar-refractivity contribution in [3.63, 3.8) is 0 Å². The van der Waals surface area contributed by atoms with Crippen LogP contribution in [0.1, 0.15) is 12.8 Å². The highest BCUT2D eigenvalue weighted by atomic mass is 35.5. The van der Waals surface area contributed by atoms with Crippen LogP contribution in [0.3, 0.4) is 0 Å². The van der Waals surface area contributed by atoms with Gasteiger partial charge in [-0.05, 0) is 25.0 Å². The zero-order valence-electron chi connectivity index (χ0n) is 12.4. The van der Waals surface area contributed by atoms with Gasteiger partial charge in [-0.1, -0.05) is 11.6 Å². The Hall–Kier alpha value is -2.02. The van der Waals surface area contributed by atoms with Gasteiger partial charge in [0.15, 0.2) is 0 Å². The first kappa shape index (κ1) is 17.3. The minimum absolute atomic E-state index is 0.0205. The number of amides is 2. The Morgan fingerprint density at radius 1 is 1.39 bits per heavy atom. The smallest absolute Gasteiger partial charge is 0.317 e. The molecule has 1 aromatic carbocycles. The molecule has 2 N–H and O–H groups in total. The summed E-state index contributed by atoms with van der Waals surface area (Å²) in [5, 5.41) is 11.6. The van der Waals surface area contributed by atoms with Crippen molar-refractivity contribution in [2.45, 2.75) is 12.8 Å². The zero-order valence-corrected chi connectivity index (χ0v) is 13.2. The van der Waals surface area contributed by atoms with Crippen molar-refractivity contribution in [1.29, 1.82) is 0 Å². The number of halogens is 2. The van der Waals surface area contributed by atoms with Gasteiger partial charge in [0.1, 0.15) is 18.2 Å². The molecule has 1 fully saturated rings. The SMILES string of the molecule is O=C(O)C1CCN(C(=O)NCCOc2ccc(F)c(Cl)c2)CC1. The van der Waals surface area contributed by atoms with Gasteiger partial charge in [-0.3, -0.25) is 4.79 Å². The third-order valence-corrected chi connectivity index (χ3v) is 3.96. The molecule has 1 aliphatic rings. The molecule has 0 bridgehead atoms. The van der Waals surface area contributed by atoms with Crippen LogP contribution in [-0.2, 0) is 4.79 Å². The summed E-state index contributed by atoms with van der Waals surface area (Å²) in [5.41, 5.74) is 0. The standard InChI is InChI=1S/C15H18ClFN2O4/c16-12-9-11(1-2-13(12)17)23-8-5-18-15(22)19-6-3-10(4-7-19)14(20)21/h1-2,9-10H,3-8H2,(H,18,22)(H,20,21). The Kier molecular flexibility index (Phi) is 6.04. The number of ether oxygens (including phenoxy) is 1. The third kappa shape index (κ3) is 4.99. The Labute approximate surface area is 138 Å². The highest BCUT2D eigenvalue weighted by Crippen LogP contribution is 2.21. The average molecular weight is 345 g/mol. The van der Waals surface area contributed by atoms with Crippen LogP contribution in [0.2, 0.25) is 5.02 Å². The number of aliphatic carboxylic acids is 1. The summed E-state index contributed by atoms with van der Waals surface area (Å²) in [4.78, 5) is 24.4. The first-order valence-corrected chi connectivity index (χ1v) is 7.68. The van der Waals surface area contributed by atoms with E-state index in [1.165, 1.54) is 18.2 Å². The molecule has 0 unspecified atom stereocenters. The van der Waals surface area contributed by atoms with Crippen molar-refractivity contribution in [1.82, 2.24) is 10.2 Å². The summed E-state index contributed by atoms with van der Waals surface area (Å²) < 4.78 is 18.4. The van der Waals surface area contributed by atoms with E-state index in [1.807, 2.05) is 0 Å². The van der Waals surface area contributed by atoms with Crippen molar-refractivity contribution in [2.24, 2.45) is 5.92 Å². The summed E-state index contributed by atoms with van der Waals surface area (Å²) >= 11 is 5.64. The molecule has 0 atom stereocenters. The van der Waals surface area contributed by atoms with Crippen LogP contribution < -0.4 is 10.1 Å². The van der Waals surface area contributed by atoms with Crippen LogP contribution in [0, 0.1) is 11.7 Å². The van der Waals surface area contributed by atoms with E-state index in [4.69, 9.17) is 21.4 Å². The molecule has 23 heavy (non-hydrogen) atoms. The number of rotatable bonds is 5. The van der Waals surface area contributed by atoms with E-state index in [0.29, 0.717) is 31.7 Å². The molecule has 2 amide bonds. The molecule has 0 saturated carbocycles. The van der Waals surface area contributed by atoms with Crippen molar-refractivity contribution >= 4 is 23.6 Å². The van der Waals surface area contributed by atoms with Crippen molar-refractivity contribution < 1.29 is 23.8 Å². The largest absolute Gasteiger partial charge is 0.492 e. The van der Waals surface area contributed by atoms with Gasteiger partial charge in [-0.2, -0.15) is 0 Å². The number of likely N-dealkylation sites (tertiary alicyclic amines) is 1. The van der Waals surface area contributed by atoms with E-state index < -0.39 is 11.8 Å². The first-order valence-electron chi connectivity index (χ1n) is 7.31. The number of hydrogen-bond acceptors (Lipinski definition) is 3. The molecular formula is C15H18ClFN2O4. The van der Waals surface area contributed by atoms with Crippen LogP contribution >= 0.6 is 11.6 Å². The van der Waals surface area contributed by atoms with Gasteiger partial charge < -0.3 is 20.1 Å². The van der Waals surface area contributed by atoms with Gasteiger partial charge in [0.25, 0.3) is 0 Å². The molecule has 0 aromatic heterocycles. The fraction of sp³-hybridized carbons (Fsp3) is 0.467. The lowest BCUT2D eigenvalue weighted by molar-refractivity contribution is -0.143. The maximum Gasteiger partial charge on any atom is 0.317 e. The van der Waals surface area contributed by atoms with E-state index >= 15 is 0 Å². The molecule has 0 spiro atoms. The van der Waals surface area contributed by atoms with Gasteiger partial charge in [-0.15, -0.1) is 0 Å². The Morgan fingerprint density at radius 3 is 2.70 bits per heavy atom. The highest BCUT2D eigenvalue weighted by molar-refractivity contribution is 6.30. The number of carboxylic acid groups (broad SMARTS) is 1. The van der Waals surface area contributed by atoms with Gasteiger partial charge in [0, 0.05) is 19.2 Å². The quantitative estimate of drug-likeness (QED) is 0.804. The fourth-order valence-corrected chi connectivity index (χ4v) is 2.51. The third-order valence-electron chi connectivity index (χ3n) is 3.67. The molecule has 8 heteroatoms. The number of carbonyl (C=O) groups excluding carboxylic acids is 1. The summed E-state index contributed by atoms with van der Waals surface area (Å²) in [6, 6.07) is 3.80. The van der Waals surface area contributed by atoms with E-state index in [-0.39, 0.29) is 30.1 Å². The van der Waals surface area contributed by atoms with Crippen molar-refractivity contribution in [3.8, 4) is 5.75 Å². The van der Waals surface area contributed by atoms with Crippen LogP contribution in [-0.4, -0.2) is 48.2 Å². The maximum atomic E-state index is 13.0. The van der Waals surface area contributed by atoms with E-state index in [9.17, 15) is 14.0 Å². The molecule has 1 aromatic rings. The van der Waals surface area contributed by atoms with Crippen LogP contribution in [0.25, 0.3) is 0 Å². The molecule has 1 heterocycles. The summed E-state index contributed by atoms with van der Waals surface area (Å²) in [7, 11) is 0. The van der Waals surface area contributed by atoms with E-state index in [1.54, 1.807) is 4.90 Å². The minimum Gasteiger partial charge on any atom is -0.492 e. The second kappa shape index (κ2) is 8.01. The second-order valence-electron chi connectivity index (χ2n) is 5.26. The molecule has 126 valence electrons. The van der Waals surface area contributed by atoms with Crippen LogP contribution in [0.15, 0.2) is 18.2 Å². The zero-order chi connectivity index (χ0) is 16.8. The average Bonchev–Trinajstić information content (AvgIpc) is 2.54. The van der Waals surface area contributed by atoms with E-state index in [0.717, 1.165) is 0 Å². The van der Waals surface area contributed by atoms with Gasteiger partial charge in [0.2, 0.25) is 0 Å². The fourth-order valence-electron chi connectivity index (χ4n) is 2.33. The first-order chi connectivity index (χ1) is 11.0. The molecular weight excluding hydrogens is 327 g/mol. The summed E-state index contributed by atoms with van der Waals surface area (Å²) in [6.45, 7) is 1.36. The number of carbonyl (C=O) groups is 2. The topological polar surface area (TPSA) is 78.9 Å². The molecule has 1 saturated heterocycles. The molecule has 2 rings (SSSR count). The van der Waals surface area contributed by atoms with Crippen LogP contribution in [0.5, 0.6) is 5.75 Å². The van der Waals surface area contributed by atoms with Crippen molar-refractivity contribution in [2.75, 3.05) is 26.2 Å². The lowest BCUT2D eigenvalue weighted by Crippen LogP contribution is -2.46. The molecule has 0 radical (unpaired) electrons. The minimum atomic E-state index is -0.809. The lowest BCUT2D eigenvalue weighted by atomic mass is 9.97. The van der Waals surface area contributed by atoms with Crippen LogP contribution in [0.4, 0.5) is 9.18 Å². The molecule has 6 nitrogen and oxygen atoms in total. The number of nitrogens with one attached hydrogen (secondary N) is 1. The maximum absolute atomic E-state index is 13.0. The predicted molar refractivity (Wildman–Crippen MR) is 82.2 cm³/mol. The van der Waals surface area contributed by atoms with Crippen molar-refractivity contribution in [3.05, 3.63) is 29.0 Å². The molecule has 0 aliphatic carbocycles. The number of benzene rings is 1. The Balaban J connectivity index is 1.67. The Bertz CT molecular complexity index is 577. The predicted octanol–water partition coefficient (Wildman–Crippen LogP) is 2.36. The summed E-state index contributed by atoms with van der Waals surface area (Å²) in [6.07, 6.45) is 0.931. The summed E-state index contributed by atoms with van der Waals surface area (Å²) in [5.74, 6) is -1.27. The monoisotopic (exact) mass is 344 g/mol. The number of urea groups is 1. The number of nitrogens with zero attached hydrogens (tertiary/aromatic N) is 1. The highest BCUT2D eigenvalue weighted by Gasteiger charge is 2.26. The normalized spacial score (nSPS) is 15.3. The van der Waals surface area contributed by atoms with Gasteiger partial charge in [-0.25, -0.2) is 9.18 Å². The lowest BCUT2D eigenvalue weighted by Gasteiger charge is -2.30. The number of piperidine rings is 1. The Morgan fingerprint density at radius 2 is 2.09 bits per heavy atom. The molecule has 1 aliphatic heterocycles. The number of carboxylic acids is 1. The van der Waals surface area contributed by atoms with Gasteiger partial charge >= 0.3 is 12.0 Å². The number of hydrogen-bond donors (Lipinski definition) is 2.